The van der Waals surface area contributed by atoms with E-state index in [4.69, 9.17) is 28.5 Å². The molecule has 0 saturated carbocycles. The van der Waals surface area contributed by atoms with Crippen molar-refractivity contribution in [1.82, 2.24) is 9.97 Å². The molecule has 0 spiro atoms. The Kier molecular flexibility index (Phi) is 3.14. The lowest BCUT2D eigenvalue weighted by molar-refractivity contribution is 0.927. The van der Waals surface area contributed by atoms with Crippen molar-refractivity contribution >= 4 is 23.2 Å². The Balaban J connectivity index is 2.46. The molecule has 16 heavy (non-hydrogen) atoms. The van der Waals surface area contributed by atoms with Gasteiger partial charge in [-0.05, 0) is 17.7 Å². The first-order valence-corrected chi connectivity index (χ1v) is 5.32. The highest BCUT2D eigenvalue weighted by atomic mass is 35.5. The van der Waals surface area contributed by atoms with Gasteiger partial charge in [0.1, 0.15) is 11.7 Å². The summed E-state index contributed by atoms with van der Waals surface area (Å²) in [7, 11) is 0. The van der Waals surface area contributed by atoms with E-state index in [0.29, 0.717) is 21.4 Å². The molecule has 0 fully saturated rings. The molecule has 2 aromatic rings. The third kappa shape index (κ3) is 2.04. The Morgan fingerprint density at radius 2 is 2.19 bits per heavy atom. The van der Waals surface area contributed by atoms with E-state index >= 15 is 0 Å². The fourth-order valence-electron chi connectivity index (χ4n) is 1.45. The highest BCUT2D eigenvalue weighted by Gasteiger charge is 2.18. The quantitative estimate of drug-likeness (QED) is 0.890. The van der Waals surface area contributed by atoms with Gasteiger partial charge in [0, 0.05) is 22.4 Å². The van der Waals surface area contributed by atoms with Crippen LogP contribution < -0.4 is 0 Å². The van der Waals surface area contributed by atoms with Gasteiger partial charge in [0.15, 0.2) is 0 Å². The van der Waals surface area contributed by atoms with Crippen LogP contribution >= 0.6 is 23.2 Å². The van der Waals surface area contributed by atoms with E-state index in [1.165, 1.54) is 0 Å². The zero-order chi connectivity index (χ0) is 11.5. The Bertz CT molecular complexity index is 529. The van der Waals surface area contributed by atoms with Gasteiger partial charge in [0.2, 0.25) is 0 Å². The first-order chi connectivity index (χ1) is 7.72. The molecule has 0 aliphatic heterocycles. The zero-order valence-electron chi connectivity index (χ0n) is 8.11. The molecule has 1 unspecified atom stereocenters. The van der Waals surface area contributed by atoms with Gasteiger partial charge < -0.3 is 4.98 Å². The van der Waals surface area contributed by atoms with Crippen molar-refractivity contribution in [3.8, 4) is 6.07 Å². The summed E-state index contributed by atoms with van der Waals surface area (Å²) in [6.45, 7) is 0. The largest absolute Gasteiger partial charge is 0.347 e. The van der Waals surface area contributed by atoms with Gasteiger partial charge >= 0.3 is 0 Å². The molecule has 1 heterocycles. The fourth-order valence-corrected chi connectivity index (χ4v) is 1.97. The van der Waals surface area contributed by atoms with E-state index in [2.05, 4.69) is 16.0 Å². The second-order valence-corrected chi connectivity index (χ2v) is 4.05. The molecule has 0 saturated heterocycles. The lowest BCUT2D eigenvalue weighted by atomic mass is 10.00. The standard InChI is InChI=1S/C11H7Cl2N3/c12-7-1-2-8(10(13)5-7)9(6-14)11-15-3-4-16-11/h1-5,9H,(H,15,16). The van der Waals surface area contributed by atoms with Gasteiger partial charge in [0.05, 0.1) is 6.07 Å². The predicted octanol–water partition coefficient (Wildman–Crippen LogP) is 3.37. The minimum atomic E-state index is -0.500. The van der Waals surface area contributed by atoms with Crippen LogP contribution in [0, 0.1) is 11.3 Å². The summed E-state index contributed by atoms with van der Waals surface area (Å²) in [5, 5.41) is 10.2. The van der Waals surface area contributed by atoms with Crippen molar-refractivity contribution in [2.24, 2.45) is 0 Å². The van der Waals surface area contributed by atoms with Crippen molar-refractivity contribution in [2.45, 2.75) is 5.92 Å². The number of imidazole rings is 1. The molecule has 1 atom stereocenters. The van der Waals surface area contributed by atoms with Crippen LogP contribution in [-0.4, -0.2) is 9.97 Å². The molecule has 0 amide bonds. The lowest BCUT2D eigenvalue weighted by Gasteiger charge is -2.08. The first kappa shape index (κ1) is 11.0. The molecular formula is C11H7Cl2N3. The minimum Gasteiger partial charge on any atom is -0.347 e. The number of aromatic nitrogens is 2. The number of hydrogen-bond donors (Lipinski definition) is 1. The summed E-state index contributed by atoms with van der Waals surface area (Å²) in [5.74, 6) is 0.0755. The summed E-state index contributed by atoms with van der Waals surface area (Å²) in [6, 6.07) is 7.22. The maximum atomic E-state index is 9.14. The Morgan fingerprint density at radius 1 is 1.38 bits per heavy atom. The van der Waals surface area contributed by atoms with Gasteiger partial charge in [-0.2, -0.15) is 5.26 Å². The highest BCUT2D eigenvalue weighted by Crippen LogP contribution is 2.30. The molecule has 3 nitrogen and oxygen atoms in total. The smallest absolute Gasteiger partial charge is 0.130 e. The lowest BCUT2D eigenvalue weighted by Crippen LogP contribution is -2.01. The van der Waals surface area contributed by atoms with Crippen LogP contribution in [0.3, 0.4) is 0 Å². The van der Waals surface area contributed by atoms with Gasteiger partial charge in [-0.25, -0.2) is 4.98 Å². The maximum Gasteiger partial charge on any atom is 0.130 e. The summed E-state index contributed by atoms with van der Waals surface area (Å²) in [5.41, 5.74) is 0.698. The highest BCUT2D eigenvalue weighted by molar-refractivity contribution is 6.35. The van der Waals surface area contributed by atoms with Crippen LogP contribution in [0.2, 0.25) is 10.0 Å². The zero-order valence-corrected chi connectivity index (χ0v) is 9.63. The molecule has 5 heteroatoms. The Labute approximate surface area is 103 Å². The third-order valence-electron chi connectivity index (χ3n) is 2.20. The Morgan fingerprint density at radius 3 is 2.75 bits per heavy atom. The molecule has 0 aliphatic rings. The number of halogens is 2. The van der Waals surface area contributed by atoms with E-state index < -0.39 is 5.92 Å². The summed E-state index contributed by atoms with van der Waals surface area (Å²) >= 11 is 11.8. The van der Waals surface area contributed by atoms with Crippen LogP contribution in [-0.2, 0) is 0 Å². The fraction of sp³-hybridized carbons (Fsp3) is 0.0909. The molecule has 1 N–H and O–H groups in total. The van der Waals surface area contributed by atoms with Gasteiger partial charge in [0.25, 0.3) is 0 Å². The first-order valence-electron chi connectivity index (χ1n) is 4.56. The molecule has 0 bridgehead atoms. The normalized spacial score (nSPS) is 12.1. The number of hydrogen-bond acceptors (Lipinski definition) is 2. The number of nitrogens with one attached hydrogen (secondary N) is 1. The van der Waals surface area contributed by atoms with E-state index in [1.54, 1.807) is 30.6 Å². The summed E-state index contributed by atoms with van der Waals surface area (Å²) in [6.07, 6.45) is 3.27. The van der Waals surface area contributed by atoms with Gasteiger partial charge in [-0.15, -0.1) is 0 Å². The monoisotopic (exact) mass is 251 g/mol. The third-order valence-corrected chi connectivity index (χ3v) is 2.76. The number of H-pyrrole nitrogens is 1. The summed E-state index contributed by atoms with van der Waals surface area (Å²) < 4.78 is 0. The molecule has 1 aromatic carbocycles. The molecule has 2 rings (SSSR count). The number of rotatable bonds is 2. The Hall–Kier alpha value is -1.50. The molecular weight excluding hydrogens is 245 g/mol. The topological polar surface area (TPSA) is 52.5 Å². The van der Waals surface area contributed by atoms with Crippen molar-refractivity contribution in [2.75, 3.05) is 0 Å². The number of benzene rings is 1. The summed E-state index contributed by atoms with van der Waals surface area (Å²) in [4.78, 5) is 6.96. The van der Waals surface area contributed by atoms with Gasteiger partial charge in [-0.3, -0.25) is 0 Å². The molecule has 0 aliphatic carbocycles. The average molecular weight is 252 g/mol. The maximum absolute atomic E-state index is 9.14. The molecule has 80 valence electrons. The molecule has 1 aromatic heterocycles. The van der Waals surface area contributed by atoms with E-state index in [1.807, 2.05) is 0 Å². The molecule has 0 radical (unpaired) electrons. The van der Waals surface area contributed by atoms with Crippen molar-refractivity contribution < 1.29 is 0 Å². The van der Waals surface area contributed by atoms with Crippen LogP contribution in [0.1, 0.15) is 17.3 Å². The van der Waals surface area contributed by atoms with E-state index in [-0.39, 0.29) is 0 Å². The van der Waals surface area contributed by atoms with Crippen LogP contribution in [0.25, 0.3) is 0 Å². The van der Waals surface area contributed by atoms with Crippen molar-refractivity contribution in [3.05, 3.63) is 52.0 Å². The number of aromatic amines is 1. The number of nitrogens with zero attached hydrogens (tertiary/aromatic N) is 2. The SMILES string of the molecule is N#CC(c1ncc[nH]1)c1ccc(Cl)cc1Cl. The predicted molar refractivity (Wildman–Crippen MR) is 62.5 cm³/mol. The van der Waals surface area contributed by atoms with Crippen LogP contribution in [0.4, 0.5) is 0 Å². The average Bonchev–Trinajstić information content (AvgIpc) is 2.75. The van der Waals surface area contributed by atoms with E-state index in [0.717, 1.165) is 0 Å². The van der Waals surface area contributed by atoms with E-state index in [9.17, 15) is 0 Å². The number of nitriles is 1. The van der Waals surface area contributed by atoms with Crippen LogP contribution in [0.15, 0.2) is 30.6 Å². The van der Waals surface area contributed by atoms with Crippen molar-refractivity contribution in [1.29, 1.82) is 5.26 Å². The van der Waals surface area contributed by atoms with Crippen LogP contribution in [0.5, 0.6) is 0 Å². The minimum absolute atomic E-state index is 0.468. The second-order valence-electron chi connectivity index (χ2n) is 3.20. The second kappa shape index (κ2) is 4.56. The van der Waals surface area contributed by atoms with Crippen molar-refractivity contribution in [3.63, 3.8) is 0 Å². The van der Waals surface area contributed by atoms with Gasteiger partial charge in [-0.1, -0.05) is 29.3 Å².